The molecule has 0 unspecified atom stereocenters. The van der Waals surface area contributed by atoms with E-state index in [-0.39, 0.29) is 51.4 Å². The predicted octanol–water partition coefficient (Wildman–Crippen LogP) is -1.35. The summed E-state index contributed by atoms with van der Waals surface area (Å²) in [7, 11) is 3.73. The summed E-state index contributed by atoms with van der Waals surface area (Å²) in [5.74, 6) is 0. The van der Waals surface area contributed by atoms with Crippen molar-refractivity contribution in [2.75, 3.05) is 40.2 Å². The third kappa shape index (κ3) is 13.3. The Kier molecular flexibility index (Phi) is 11.8. The number of likely N-dealkylation sites (N-methyl/N-ethyl adjacent to an activating group) is 1. The molecule has 0 atom stereocenters. The van der Waals surface area contributed by atoms with Crippen molar-refractivity contribution in [2.45, 2.75) is 13.3 Å². The van der Waals surface area contributed by atoms with E-state index in [0.29, 0.717) is 19.6 Å². The molecule has 0 radical (unpaired) electrons. The van der Waals surface area contributed by atoms with Crippen molar-refractivity contribution in [3.05, 3.63) is 0 Å². The second-order valence-electron chi connectivity index (χ2n) is 3.81. The van der Waals surface area contributed by atoms with Crippen LogP contribution in [0.1, 0.15) is 13.3 Å². The Balaban J connectivity index is 0. The van der Waals surface area contributed by atoms with E-state index in [4.69, 9.17) is 0 Å². The van der Waals surface area contributed by atoms with Crippen LogP contribution < -0.4 is 51.4 Å². The molecule has 0 aliphatic rings. The Labute approximate surface area is 133 Å². The summed E-state index contributed by atoms with van der Waals surface area (Å²) >= 11 is 0. The Morgan fingerprint density at radius 1 is 1.00 bits per heavy atom. The van der Waals surface area contributed by atoms with E-state index in [9.17, 15) is 12.9 Å². The minimum atomic E-state index is -4.68. The van der Waals surface area contributed by atoms with Crippen molar-refractivity contribution in [1.82, 2.24) is 9.80 Å². The number of rotatable bonds is 7. The molecule has 0 saturated heterocycles. The van der Waals surface area contributed by atoms with Gasteiger partial charge in [0.15, 0.2) is 0 Å². The maximum Gasteiger partial charge on any atom is 1.00 e. The molecule has 7 heteroatoms. The summed E-state index contributed by atoms with van der Waals surface area (Å²) in [5.41, 5.74) is 0. The Morgan fingerprint density at radius 3 is 1.87 bits per heavy atom. The van der Waals surface area contributed by atoms with Crippen LogP contribution in [-0.4, -0.2) is 57.0 Å². The molecule has 0 spiro atoms. The molecule has 2 nitrogen and oxygen atoms in total. The summed E-state index contributed by atoms with van der Waals surface area (Å²) in [6, 6.07) is 0. The van der Waals surface area contributed by atoms with Crippen LogP contribution in [0.25, 0.3) is 0 Å². The van der Waals surface area contributed by atoms with E-state index < -0.39 is 13.4 Å². The van der Waals surface area contributed by atoms with Gasteiger partial charge in [0.25, 0.3) is 0 Å². The van der Waals surface area contributed by atoms with Crippen molar-refractivity contribution in [3.8, 4) is 0 Å². The zero-order valence-electron chi connectivity index (χ0n) is 10.1. The molecule has 86 valence electrons. The second kappa shape index (κ2) is 9.44. The van der Waals surface area contributed by atoms with Gasteiger partial charge in [-0.1, -0.05) is 6.92 Å². The summed E-state index contributed by atoms with van der Waals surface area (Å²) in [5, 5.41) is 0. The molecule has 0 aliphatic carbocycles. The molecule has 0 aliphatic heterocycles. The molecular weight excluding hydrogens is 231 g/mol. The van der Waals surface area contributed by atoms with Crippen LogP contribution in [0, 0.1) is 0 Å². The van der Waals surface area contributed by atoms with E-state index in [1.54, 1.807) is 0 Å². The van der Waals surface area contributed by atoms with Crippen molar-refractivity contribution in [1.29, 1.82) is 0 Å². The van der Waals surface area contributed by atoms with E-state index in [0.717, 1.165) is 6.42 Å². The largest absolute Gasteiger partial charge is 1.00 e. The number of hydrogen-bond acceptors (Lipinski definition) is 2. The fourth-order valence-electron chi connectivity index (χ4n) is 1.24. The first-order chi connectivity index (χ1) is 6.35. The standard InChI is InChI=1S/C8H19BF3N2.K/c1-4-5-14(7-6-13(2)3)8-9(10,11)12;/h4-8H2,1-3H3;/q-1;+1. The first kappa shape index (κ1) is 18.8. The molecule has 0 aromatic rings. The third-order valence-electron chi connectivity index (χ3n) is 1.87. The molecular formula is C8H19BF3KN2. The van der Waals surface area contributed by atoms with Crippen molar-refractivity contribution < 1.29 is 64.3 Å². The molecule has 0 aromatic heterocycles. The van der Waals surface area contributed by atoms with Gasteiger partial charge >= 0.3 is 58.4 Å². The van der Waals surface area contributed by atoms with Crippen molar-refractivity contribution >= 4 is 6.98 Å². The van der Waals surface area contributed by atoms with Gasteiger partial charge in [0.1, 0.15) is 0 Å². The molecule has 0 N–H and O–H groups in total. The van der Waals surface area contributed by atoms with Gasteiger partial charge in [0.05, 0.1) is 0 Å². The fraction of sp³-hybridized carbons (Fsp3) is 1.00. The van der Waals surface area contributed by atoms with Gasteiger partial charge in [0.2, 0.25) is 0 Å². The zero-order valence-corrected chi connectivity index (χ0v) is 13.3. The Bertz CT molecular complexity index is 155. The van der Waals surface area contributed by atoms with E-state index in [1.165, 1.54) is 4.90 Å². The van der Waals surface area contributed by atoms with Crippen molar-refractivity contribution in [3.63, 3.8) is 0 Å². The van der Waals surface area contributed by atoms with Gasteiger partial charge in [-0.3, -0.25) is 0 Å². The van der Waals surface area contributed by atoms with E-state index in [2.05, 4.69) is 0 Å². The predicted molar refractivity (Wildman–Crippen MR) is 54.4 cm³/mol. The third-order valence-corrected chi connectivity index (χ3v) is 1.87. The van der Waals surface area contributed by atoms with Crippen LogP contribution in [0.15, 0.2) is 0 Å². The average molecular weight is 250 g/mol. The molecule has 0 bridgehead atoms. The zero-order chi connectivity index (χ0) is 11.2. The van der Waals surface area contributed by atoms with Gasteiger partial charge in [-0.05, 0) is 33.5 Å². The first-order valence-corrected chi connectivity index (χ1v) is 4.93. The Morgan fingerprint density at radius 2 is 1.53 bits per heavy atom. The maximum atomic E-state index is 12.2. The molecule has 0 aromatic carbocycles. The monoisotopic (exact) mass is 250 g/mol. The SMILES string of the molecule is CCCN(CCN(C)C)C[B-](F)(F)F.[K+]. The van der Waals surface area contributed by atoms with Crippen LogP contribution >= 0.6 is 0 Å². The molecule has 0 amide bonds. The van der Waals surface area contributed by atoms with Crippen LogP contribution in [0.3, 0.4) is 0 Å². The quantitative estimate of drug-likeness (QED) is 0.516. The van der Waals surface area contributed by atoms with Crippen LogP contribution in [0.4, 0.5) is 12.9 Å². The smallest absolute Gasteiger partial charge is 0.448 e. The normalized spacial score (nSPS) is 12.0. The Hall–Kier alpha value is 1.41. The minimum absolute atomic E-state index is 0. The maximum absolute atomic E-state index is 12.2. The van der Waals surface area contributed by atoms with Gasteiger partial charge in [0, 0.05) is 13.1 Å². The average Bonchev–Trinajstić information content (AvgIpc) is 1.98. The summed E-state index contributed by atoms with van der Waals surface area (Å²) < 4.78 is 36.5. The van der Waals surface area contributed by atoms with Crippen LogP contribution in [-0.2, 0) is 0 Å². The summed E-state index contributed by atoms with van der Waals surface area (Å²) in [4.78, 5) is 3.37. The molecule has 15 heavy (non-hydrogen) atoms. The number of halogens is 3. The fourth-order valence-corrected chi connectivity index (χ4v) is 1.24. The second-order valence-corrected chi connectivity index (χ2v) is 3.81. The molecule has 0 saturated carbocycles. The van der Waals surface area contributed by atoms with Crippen LogP contribution in [0.5, 0.6) is 0 Å². The minimum Gasteiger partial charge on any atom is -0.448 e. The van der Waals surface area contributed by atoms with Crippen LogP contribution in [0.2, 0.25) is 0 Å². The van der Waals surface area contributed by atoms with Gasteiger partial charge in [-0.25, -0.2) is 0 Å². The summed E-state index contributed by atoms with van der Waals surface area (Å²) in [6.07, 6.45) is 0.0290. The summed E-state index contributed by atoms with van der Waals surface area (Å²) in [6.45, 7) is -1.11. The molecule has 0 fully saturated rings. The molecule has 0 rings (SSSR count). The van der Waals surface area contributed by atoms with Gasteiger partial charge in [-0.15, -0.1) is 0 Å². The topological polar surface area (TPSA) is 6.48 Å². The van der Waals surface area contributed by atoms with Gasteiger partial charge in [-0.2, -0.15) is 0 Å². The van der Waals surface area contributed by atoms with Crippen molar-refractivity contribution in [2.24, 2.45) is 0 Å². The first-order valence-electron chi connectivity index (χ1n) is 4.93. The molecule has 0 heterocycles. The van der Waals surface area contributed by atoms with Gasteiger partial charge < -0.3 is 22.7 Å². The van der Waals surface area contributed by atoms with E-state index in [1.807, 2.05) is 25.9 Å². The number of nitrogens with zero attached hydrogens (tertiary/aromatic N) is 2. The number of hydrogen-bond donors (Lipinski definition) is 0. The van der Waals surface area contributed by atoms with E-state index >= 15 is 0 Å².